The van der Waals surface area contributed by atoms with Crippen LogP contribution in [-0.4, -0.2) is 35.1 Å². The molecule has 1 aliphatic heterocycles. The molecule has 124 valence electrons. The molecule has 2 amide bonds. The molecule has 0 aromatic heterocycles. The van der Waals surface area contributed by atoms with Crippen LogP contribution in [0.2, 0.25) is 0 Å². The van der Waals surface area contributed by atoms with Gasteiger partial charge in [-0.05, 0) is 17.5 Å². The first kappa shape index (κ1) is 16.1. The van der Waals surface area contributed by atoms with Crippen LogP contribution in [0.5, 0.6) is 0 Å². The number of hydrazine groups is 1. The normalized spacial score (nSPS) is 14.1. The summed E-state index contributed by atoms with van der Waals surface area (Å²) in [6.07, 6.45) is 0.572. The van der Waals surface area contributed by atoms with Gasteiger partial charge in [-0.2, -0.15) is 0 Å². The maximum absolute atomic E-state index is 12.3. The van der Waals surface area contributed by atoms with E-state index >= 15 is 0 Å². The Morgan fingerprint density at radius 3 is 2.25 bits per heavy atom. The van der Waals surface area contributed by atoms with E-state index < -0.39 is 6.09 Å². The summed E-state index contributed by atoms with van der Waals surface area (Å²) >= 11 is 0. The first-order valence-electron chi connectivity index (χ1n) is 8.06. The largest absolute Gasteiger partial charge is 0.443 e. The number of benzene rings is 2. The van der Waals surface area contributed by atoms with E-state index in [2.05, 4.69) is 0 Å². The molecule has 5 heteroatoms. The third-order valence-corrected chi connectivity index (χ3v) is 3.99. The van der Waals surface area contributed by atoms with Gasteiger partial charge >= 0.3 is 6.09 Å². The lowest BCUT2D eigenvalue weighted by Gasteiger charge is -2.27. The summed E-state index contributed by atoms with van der Waals surface area (Å²) in [6.45, 7) is 1.06. The summed E-state index contributed by atoms with van der Waals surface area (Å²) in [5.74, 6) is -0.0393. The van der Waals surface area contributed by atoms with Gasteiger partial charge in [-0.15, -0.1) is 0 Å². The Hall–Kier alpha value is -2.82. The van der Waals surface area contributed by atoms with E-state index in [4.69, 9.17) is 4.74 Å². The van der Waals surface area contributed by atoms with Crippen LogP contribution in [-0.2, 0) is 22.6 Å². The average Bonchev–Trinajstić information content (AvgIpc) is 3.00. The molecule has 1 saturated heterocycles. The van der Waals surface area contributed by atoms with Gasteiger partial charge in [-0.3, -0.25) is 4.79 Å². The zero-order valence-electron chi connectivity index (χ0n) is 13.4. The van der Waals surface area contributed by atoms with E-state index in [0.717, 1.165) is 11.1 Å². The second kappa shape index (κ2) is 7.64. The molecule has 0 N–H and O–H groups in total. The molecular formula is C19H20N2O3. The predicted molar refractivity (Wildman–Crippen MR) is 89.8 cm³/mol. The number of nitrogens with zero attached hydrogens (tertiary/aromatic N) is 2. The molecule has 1 aliphatic rings. The van der Waals surface area contributed by atoms with E-state index in [9.17, 15) is 9.59 Å². The van der Waals surface area contributed by atoms with Gasteiger partial charge in [0.2, 0.25) is 5.91 Å². The molecule has 0 bridgehead atoms. The quantitative estimate of drug-likeness (QED) is 0.849. The molecule has 0 unspecified atom stereocenters. The monoisotopic (exact) mass is 324 g/mol. The molecule has 0 spiro atoms. The Morgan fingerprint density at radius 1 is 0.958 bits per heavy atom. The lowest BCUT2D eigenvalue weighted by atomic mass is 10.1. The van der Waals surface area contributed by atoms with Crippen LogP contribution in [0.25, 0.3) is 0 Å². The van der Waals surface area contributed by atoms with Crippen molar-refractivity contribution < 1.29 is 14.3 Å². The molecule has 3 rings (SSSR count). The van der Waals surface area contributed by atoms with Crippen molar-refractivity contribution >= 4 is 12.0 Å². The van der Waals surface area contributed by atoms with Crippen molar-refractivity contribution in [3.63, 3.8) is 0 Å². The second-order valence-corrected chi connectivity index (χ2v) is 5.67. The maximum Gasteiger partial charge on any atom is 0.429 e. The van der Waals surface area contributed by atoms with Crippen LogP contribution in [0.4, 0.5) is 4.79 Å². The third kappa shape index (κ3) is 3.93. The third-order valence-electron chi connectivity index (χ3n) is 3.99. The SMILES string of the molecule is O=C1CCN(C(=O)OCc2ccccc2)N1CCc1ccccc1. The van der Waals surface area contributed by atoms with Crippen molar-refractivity contribution in [2.75, 3.05) is 13.1 Å². The van der Waals surface area contributed by atoms with E-state index in [1.54, 1.807) is 0 Å². The maximum atomic E-state index is 12.3. The van der Waals surface area contributed by atoms with Gasteiger partial charge in [0.15, 0.2) is 0 Å². The molecule has 2 aromatic rings. The lowest BCUT2D eigenvalue weighted by Crippen LogP contribution is -2.44. The minimum atomic E-state index is -0.474. The number of hydrogen-bond acceptors (Lipinski definition) is 3. The minimum Gasteiger partial charge on any atom is -0.443 e. The molecule has 0 saturated carbocycles. The smallest absolute Gasteiger partial charge is 0.429 e. The second-order valence-electron chi connectivity index (χ2n) is 5.67. The Kier molecular flexibility index (Phi) is 5.11. The molecular weight excluding hydrogens is 304 g/mol. The number of carbonyl (C=O) groups is 2. The standard InChI is InChI=1S/C19H20N2O3/c22-18-12-14-21(19(23)24-15-17-9-5-2-6-10-17)20(18)13-11-16-7-3-1-4-8-16/h1-10H,11-15H2. The summed E-state index contributed by atoms with van der Waals surface area (Å²) in [5, 5.41) is 2.91. The zero-order valence-corrected chi connectivity index (χ0v) is 13.4. The average molecular weight is 324 g/mol. The molecule has 24 heavy (non-hydrogen) atoms. The lowest BCUT2D eigenvalue weighted by molar-refractivity contribution is -0.136. The number of hydrogen-bond donors (Lipinski definition) is 0. The molecule has 1 fully saturated rings. The Balaban J connectivity index is 1.56. The number of rotatable bonds is 5. The highest BCUT2D eigenvalue weighted by Crippen LogP contribution is 2.15. The van der Waals surface area contributed by atoms with Crippen molar-refractivity contribution in [1.29, 1.82) is 0 Å². The Bertz CT molecular complexity index is 688. The van der Waals surface area contributed by atoms with Gasteiger partial charge in [0, 0.05) is 13.0 Å². The van der Waals surface area contributed by atoms with E-state index in [0.29, 0.717) is 25.9 Å². The zero-order chi connectivity index (χ0) is 16.8. The predicted octanol–water partition coefficient (Wildman–Crippen LogP) is 3.02. The van der Waals surface area contributed by atoms with Crippen LogP contribution in [0.3, 0.4) is 0 Å². The molecule has 0 radical (unpaired) electrons. The molecule has 1 heterocycles. The van der Waals surface area contributed by atoms with Gasteiger partial charge in [0.25, 0.3) is 0 Å². The van der Waals surface area contributed by atoms with Gasteiger partial charge in [0.05, 0.1) is 6.54 Å². The van der Waals surface area contributed by atoms with Gasteiger partial charge in [-0.25, -0.2) is 14.8 Å². The Labute approximate surface area is 141 Å². The molecule has 2 aromatic carbocycles. The first-order valence-corrected chi connectivity index (χ1v) is 8.06. The van der Waals surface area contributed by atoms with Crippen molar-refractivity contribution in [1.82, 2.24) is 10.0 Å². The van der Waals surface area contributed by atoms with Gasteiger partial charge in [0.1, 0.15) is 6.61 Å². The van der Waals surface area contributed by atoms with E-state index in [1.807, 2.05) is 60.7 Å². The van der Waals surface area contributed by atoms with Crippen molar-refractivity contribution in [2.24, 2.45) is 0 Å². The minimum absolute atomic E-state index is 0.0393. The highest BCUT2D eigenvalue weighted by Gasteiger charge is 2.33. The van der Waals surface area contributed by atoms with Crippen molar-refractivity contribution in [2.45, 2.75) is 19.4 Å². The molecule has 0 atom stereocenters. The summed E-state index contributed by atoms with van der Waals surface area (Å²) in [7, 11) is 0. The fourth-order valence-corrected chi connectivity index (χ4v) is 2.69. The van der Waals surface area contributed by atoms with Crippen LogP contribution in [0.1, 0.15) is 17.5 Å². The topological polar surface area (TPSA) is 49.9 Å². The first-order chi connectivity index (χ1) is 11.7. The number of amides is 2. The summed E-state index contributed by atoms with van der Waals surface area (Å²) < 4.78 is 5.34. The van der Waals surface area contributed by atoms with Crippen molar-refractivity contribution in [3.05, 3.63) is 71.8 Å². The number of ether oxygens (including phenoxy) is 1. The summed E-state index contributed by atoms with van der Waals surface area (Å²) in [4.78, 5) is 24.4. The Morgan fingerprint density at radius 2 is 1.58 bits per heavy atom. The summed E-state index contributed by atoms with van der Waals surface area (Å²) in [6, 6.07) is 19.4. The summed E-state index contributed by atoms with van der Waals surface area (Å²) in [5.41, 5.74) is 2.06. The number of carbonyl (C=O) groups excluding carboxylic acids is 2. The molecule has 0 aliphatic carbocycles. The fourth-order valence-electron chi connectivity index (χ4n) is 2.69. The van der Waals surface area contributed by atoms with Gasteiger partial charge < -0.3 is 4.74 Å². The van der Waals surface area contributed by atoms with E-state index in [1.165, 1.54) is 10.0 Å². The van der Waals surface area contributed by atoms with Crippen LogP contribution >= 0.6 is 0 Å². The van der Waals surface area contributed by atoms with Crippen LogP contribution < -0.4 is 0 Å². The van der Waals surface area contributed by atoms with E-state index in [-0.39, 0.29) is 12.5 Å². The van der Waals surface area contributed by atoms with Crippen LogP contribution in [0.15, 0.2) is 60.7 Å². The highest BCUT2D eigenvalue weighted by atomic mass is 16.6. The van der Waals surface area contributed by atoms with Crippen molar-refractivity contribution in [3.8, 4) is 0 Å². The van der Waals surface area contributed by atoms with Crippen LogP contribution in [0, 0.1) is 0 Å². The highest BCUT2D eigenvalue weighted by molar-refractivity contribution is 5.82. The molecule has 5 nitrogen and oxygen atoms in total. The van der Waals surface area contributed by atoms with Gasteiger partial charge in [-0.1, -0.05) is 60.7 Å². The fraction of sp³-hybridized carbons (Fsp3) is 0.263.